The summed E-state index contributed by atoms with van der Waals surface area (Å²) < 4.78 is 0. The number of aryl methyl sites for hydroxylation is 1. The molecule has 1 rings (SSSR count). The summed E-state index contributed by atoms with van der Waals surface area (Å²) in [5.74, 6) is 0. The van der Waals surface area contributed by atoms with Crippen LogP contribution in [0.1, 0.15) is 30.5 Å². The average Bonchev–Trinajstić information content (AvgIpc) is 2.15. The molecule has 0 saturated heterocycles. The Morgan fingerprint density at radius 3 is 2.71 bits per heavy atom. The third kappa shape index (κ3) is 3.00. The van der Waals surface area contributed by atoms with Gasteiger partial charge in [-0.3, -0.25) is 0 Å². The normalized spacial score (nSPS) is 10.6. The van der Waals surface area contributed by atoms with Crippen molar-refractivity contribution in [2.24, 2.45) is 0 Å². The van der Waals surface area contributed by atoms with Crippen LogP contribution in [-0.2, 0) is 6.54 Å². The maximum absolute atomic E-state index is 3.83. The molecule has 0 aromatic heterocycles. The molecule has 1 heteroatoms. The first-order valence-corrected chi connectivity index (χ1v) is 5.09. The fourth-order valence-electron chi connectivity index (χ4n) is 1.38. The van der Waals surface area contributed by atoms with Crippen LogP contribution in [0, 0.1) is 6.92 Å². The maximum atomic E-state index is 3.83. The second kappa shape index (κ2) is 4.97. The smallest absolute Gasteiger partial charge is 0.0213 e. The van der Waals surface area contributed by atoms with Crippen molar-refractivity contribution in [3.63, 3.8) is 0 Å². The molecule has 0 fully saturated rings. The quantitative estimate of drug-likeness (QED) is 0.767. The highest BCUT2D eigenvalue weighted by Crippen LogP contribution is 2.12. The Morgan fingerprint density at radius 2 is 2.14 bits per heavy atom. The van der Waals surface area contributed by atoms with E-state index in [-0.39, 0.29) is 0 Å². The van der Waals surface area contributed by atoms with Gasteiger partial charge in [0.25, 0.3) is 0 Å². The van der Waals surface area contributed by atoms with Crippen LogP contribution in [0.3, 0.4) is 0 Å². The molecule has 0 radical (unpaired) electrons. The summed E-state index contributed by atoms with van der Waals surface area (Å²) >= 11 is 0. The van der Waals surface area contributed by atoms with Gasteiger partial charge in [0, 0.05) is 12.6 Å². The predicted molar refractivity (Wildman–Crippen MR) is 63.2 cm³/mol. The summed E-state index contributed by atoms with van der Waals surface area (Å²) in [6, 6.07) is 7.00. The summed E-state index contributed by atoms with van der Waals surface area (Å²) in [4.78, 5) is 0. The Labute approximate surface area is 86.8 Å². The zero-order chi connectivity index (χ0) is 10.6. The van der Waals surface area contributed by atoms with Crippen molar-refractivity contribution in [2.45, 2.75) is 33.4 Å². The van der Waals surface area contributed by atoms with E-state index in [1.54, 1.807) is 0 Å². The standard InChI is InChI=1S/C13H19N/c1-5-12-8-11(4)6-7-13(12)9-14-10(2)3/h5-8,10,14H,1,9H2,2-4H3. The van der Waals surface area contributed by atoms with E-state index in [0.717, 1.165) is 6.54 Å². The average molecular weight is 189 g/mol. The fourth-order valence-corrected chi connectivity index (χ4v) is 1.38. The van der Waals surface area contributed by atoms with Crippen LogP contribution >= 0.6 is 0 Å². The molecule has 1 N–H and O–H groups in total. The van der Waals surface area contributed by atoms with Gasteiger partial charge in [-0.25, -0.2) is 0 Å². The van der Waals surface area contributed by atoms with Crippen molar-refractivity contribution in [3.05, 3.63) is 41.5 Å². The van der Waals surface area contributed by atoms with Gasteiger partial charge >= 0.3 is 0 Å². The summed E-state index contributed by atoms with van der Waals surface area (Å²) in [6.07, 6.45) is 1.92. The molecule has 0 heterocycles. The fraction of sp³-hybridized carbons (Fsp3) is 0.385. The SMILES string of the molecule is C=Cc1cc(C)ccc1CNC(C)C. The first kappa shape index (κ1) is 11.0. The van der Waals surface area contributed by atoms with Crippen LogP contribution in [0.25, 0.3) is 6.08 Å². The summed E-state index contributed by atoms with van der Waals surface area (Å²) in [5, 5.41) is 3.41. The molecule has 0 bridgehead atoms. The van der Waals surface area contributed by atoms with Crippen molar-refractivity contribution in [3.8, 4) is 0 Å². The lowest BCUT2D eigenvalue weighted by molar-refractivity contribution is 0.588. The van der Waals surface area contributed by atoms with Crippen molar-refractivity contribution in [1.29, 1.82) is 0 Å². The molecular weight excluding hydrogens is 170 g/mol. The van der Waals surface area contributed by atoms with Crippen molar-refractivity contribution in [1.82, 2.24) is 5.32 Å². The molecule has 0 aliphatic heterocycles. The third-order valence-corrected chi connectivity index (χ3v) is 2.22. The Balaban J connectivity index is 2.80. The summed E-state index contributed by atoms with van der Waals surface area (Å²) in [7, 11) is 0. The Morgan fingerprint density at radius 1 is 1.43 bits per heavy atom. The van der Waals surface area contributed by atoms with Gasteiger partial charge in [-0.05, 0) is 18.1 Å². The van der Waals surface area contributed by atoms with Gasteiger partial charge in [0.15, 0.2) is 0 Å². The molecular formula is C13H19N. The first-order chi connectivity index (χ1) is 6.63. The number of hydrogen-bond acceptors (Lipinski definition) is 1. The van der Waals surface area contributed by atoms with Crippen LogP contribution in [0.2, 0.25) is 0 Å². The maximum Gasteiger partial charge on any atom is 0.0213 e. The molecule has 1 nitrogen and oxygen atoms in total. The minimum absolute atomic E-state index is 0.522. The predicted octanol–water partition coefficient (Wildman–Crippen LogP) is 3.14. The molecule has 0 amide bonds. The van der Waals surface area contributed by atoms with Crippen LogP contribution < -0.4 is 5.32 Å². The Bertz CT molecular complexity index is 313. The molecule has 0 unspecified atom stereocenters. The van der Waals surface area contributed by atoms with E-state index in [1.165, 1.54) is 16.7 Å². The first-order valence-electron chi connectivity index (χ1n) is 5.09. The highest BCUT2D eigenvalue weighted by atomic mass is 14.9. The molecule has 0 aliphatic carbocycles. The van der Waals surface area contributed by atoms with E-state index in [1.807, 2.05) is 6.08 Å². The Hall–Kier alpha value is -1.08. The van der Waals surface area contributed by atoms with Gasteiger partial charge in [0.1, 0.15) is 0 Å². The lowest BCUT2D eigenvalue weighted by Crippen LogP contribution is -2.22. The monoisotopic (exact) mass is 189 g/mol. The lowest BCUT2D eigenvalue weighted by Gasteiger charge is -2.11. The van der Waals surface area contributed by atoms with Gasteiger partial charge in [-0.15, -0.1) is 0 Å². The van der Waals surface area contributed by atoms with Gasteiger partial charge in [-0.2, -0.15) is 0 Å². The van der Waals surface area contributed by atoms with Crippen molar-refractivity contribution < 1.29 is 0 Å². The van der Waals surface area contributed by atoms with Crippen molar-refractivity contribution in [2.75, 3.05) is 0 Å². The molecule has 1 aromatic carbocycles. The number of rotatable bonds is 4. The van der Waals surface area contributed by atoms with E-state index in [4.69, 9.17) is 0 Å². The van der Waals surface area contributed by atoms with E-state index < -0.39 is 0 Å². The molecule has 14 heavy (non-hydrogen) atoms. The zero-order valence-corrected chi connectivity index (χ0v) is 9.30. The summed E-state index contributed by atoms with van der Waals surface area (Å²) in [5.41, 5.74) is 3.84. The molecule has 0 saturated carbocycles. The second-order valence-corrected chi connectivity index (χ2v) is 3.94. The van der Waals surface area contributed by atoms with Gasteiger partial charge in [0.2, 0.25) is 0 Å². The second-order valence-electron chi connectivity index (χ2n) is 3.94. The molecule has 0 aliphatic rings. The number of nitrogens with one attached hydrogen (secondary N) is 1. The number of hydrogen-bond donors (Lipinski definition) is 1. The van der Waals surface area contributed by atoms with E-state index in [0.29, 0.717) is 6.04 Å². The van der Waals surface area contributed by atoms with Crippen LogP contribution in [0.5, 0.6) is 0 Å². The van der Waals surface area contributed by atoms with Gasteiger partial charge < -0.3 is 5.32 Å². The third-order valence-electron chi connectivity index (χ3n) is 2.22. The van der Waals surface area contributed by atoms with E-state index >= 15 is 0 Å². The summed E-state index contributed by atoms with van der Waals surface area (Å²) in [6.45, 7) is 11.2. The highest BCUT2D eigenvalue weighted by Gasteiger charge is 2.00. The number of benzene rings is 1. The largest absolute Gasteiger partial charge is 0.310 e. The highest BCUT2D eigenvalue weighted by molar-refractivity contribution is 5.53. The van der Waals surface area contributed by atoms with Crippen LogP contribution in [0.4, 0.5) is 0 Å². The van der Waals surface area contributed by atoms with Crippen molar-refractivity contribution >= 4 is 6.08 Å². The van der Waals surface area contributed by atoms with Crippen LogP contribution in [0.15, 0.2) is 24.8 Å². The van der Waals surface area contributed by atoms with Gasteiger partial charge in [0.05, 0.1) is 0 Å². The van der Waals surface area contributed by atoms with E-state index in [9.17, 15) is 0 Å². The lowest BCUT2D eigenvalue weighted by atomic mass is 10.0. The minimum atomic E-state index is 0.522. The Kier molecular flexibility index (Phi) is 3.90. The minimum Gasteiger partial charge on any atom is -0.310 e. The van der Waals surface area contributed by atoms with Gasteiger partial charge in [-0.1, -0.05) is 50.3 Å². The molecule has 0 spiro atoms. The van der Waals surface area contributed by atoms with Crippen LogP contribution in [-0.4, -0.2) is 6.04 Å². The molecule has 1 aromatic rings. The molecule has 76 valence electrons. The zero-order valence-electron chi connectivity index (χ0n) is 9.30. The van der Waals surface area contributed by atoms with E-state index in [2.05, 4.69) is 50.9 Å². The topological polar surface area (TPSA) is 12.0 Å². The molecule has 0 atom stereocenters.